The smallest absolute Gasteiger partial charge is 0.342 e. The van der Waals surface area contributed by atoms with Crippen LogP contribution in [0.1, 0.15) is 22.8 Å². The summed E-state index contributed by atoms with van der Waals surface area (Å²) in [4.78, 5) is 12.0. The van der Waals surface area contributed by atoms with Crippen LogP contribution in [0.3, 0.4) is 0 Å². The summed E-state index contributed by atoms with van der Waals surface area (Å²) in [5.41, 5.74) is 1.91. The first-order chi connectivity index (χ1) is 11.2. The molecule has 2 aromatic carbocycles. The number of para-hydroxylation sites is 1. The van der Waals surface area contributed by atoms with Gasteiger partial charge < -0.3 is 13.9 Å². The number of furan rings is 1. The molecule has 4 nitrogen and oxygen atoms in total. The van der Waals surface area contributed by atoms with Gasteiger partial charge in [-0.15, -0.1) is 0 Å². The summed E-state index contributed by atoms with van der Waals surface area (Å²) >= 11 is 3.47. The van der Waals surface area contributed by atoms with Crippen LogP contribution in [0.5, 0.6) is 5.75 Å². The van der Waals surface area contributed by atoms with Gasteiger partial charge in [0.15, 0.2) is 0 Å². The van der Waals surface area contributed by atoms with E-state index in [0.29, 0.717) is 29.7 Å². The average Bonchev–Trinajstić information content (AvgIpc) is 2.97. The molecule has 0 saturated carbocycles. The first-order valence-corrected chi connectivity index (χ1v) is 8.03. The van der Waals surface area contributed by atoms with E-state index in [4.69, 9.17) is 13.9 Å². The van der Waals surface area contributed by atoms with E-state index < -0.39 is 0 Å². The number of esters is 1. The Kier molecular flexibility index (Phi) is 4.67. The molecule has 0 aliphatic carbocycles. The Hall–Kier alpha value is -2.27. The highest BCUT2D eigenvalue weighted by molar-refractivity contribution is 9.10. The summed E-state index contributed by atoms with van der Waals surface area (Å²) < 4.78 is 17.3. The lowest BCUT2D eigenvalue weighted by Crippen LogP contribution is -2.03. The zero-order valence-corrected chi connectivity index (χ0v) is 14.1. The van der Waals surface area contributed by atoms with E-state index in [1.54, 1.807) is 6.92 Å². The van der Waals surface area contributed by atoms with Crippen molar-refractivity contribution in [2.75, 3.05) is 6.61 Å². The molecule has 1 heterocycles. The van der Waals surface area contributed by atoms with Crippen LogP contribution in [0.25, 0.3) is 11.0 Å². The lowest BCUT2D eigenvalue weighted by Gasteiger charge is -2.07. The maximum atomic E-state index is 12.0. The molecule has 0 saturated heterocycles. The van der Waals surface area contributed by atoms with E-state index in [-0.39, 0.29) is 5.97 Å². The third-order valence-corrected chi connectivity index (χ3v) is 3.81. The van der Waals surface area contributed by atoms with Gasteiger partial charge in [-0.05, 0) is 31.2 Å². The van der Waals surface area contributed by atoms with Crippen molar-refractivity contribution in [1.29, 1.82) is 0 Å². The number of hydrogen-bond acceptors (Lipinski definition) is 4. The first-order valence-electron chi connectivity index (χ1n) is 7.23. The minimum absolute atomic E-state index is 0.323. The molecule has 3 aromatic rings. The molecule has 0 radical (unpaired) electrons. The molecule has 0 aliphatic rings. The molecular formula is C18H15BrO4. The van der Waals surface area contributed by atoms with E-state index in [1.165, 1.54) is 6.26 Å². The summed E-state index contributed by atoms with van der Waals surface area (Å²) in [6.45, 7) is 2.44. The SMILES string of the molecule is CCOC(=O)c1coc2c(COc3ccccc3)cc(Br)cc12. The van der Waals surface area contributed by atoms with Crippen LogP contribution in [0, 0.1) is 0 Å². The number of halogens is 1. The Morgan fingerprint density at radius 2 is 2.00 bits per heavy atom. The minimum Gasteiger partial charge on any atom is -0.489 e. The third-order valence-electron chi connectivity index (χ3n) is 3.35. The molecule has 0 spiro atoms. The van der Waals surface area contributed by atoms with Crippen molar-refractivity contribution in [3.63, 3.8) is 0 Å². The van der Waals surface area contributed by atoms with Gasteiger partial charge >= 0.3 is 5.97 Å². The monoisotopic (exact) mass is 374 g/mol. The number of benzene rings is 2. The normalized spacial score (nSPS) is 10.7. The van der Waals surface area contributed by atoms with Crippen molar-refractivity contribution in [2.24, 2.45) is 0 Å². The molecule has 1 aromatic heterocycles. The molecule has 0 N–H and O–H groups in total. The fourth-order valence-corrected chi connectivity index (χ4v) is 2.83. The summed E-state index contributed by atoms with van der Waals surface area (Å²) in [5.74, 6) is 0.386. The Balaban J connectivity index is 1.93. The molecule has 0 fully saturated rings. The van der Waals surface area contributed by atoms with Gasteiger partial charge in [0, 0.05) is 15.4 Å². The standard InChI is InChI=1S/C18H15BrO4/c1-2-21-18(20)16-11-23-17-12(8-13(19)9-15(16)17)10-22-14-6-4-3-5-7-14/h3-9,11H,2,10H2,1H3. The highest BCUT2D eigenvalue weighted by atomic mass is 79.9. The Labute approximate surface area is 142 Å². The van der Waals surface area contributed by atoms with Gasteiger partial charge in [-0.2, -0.15) is 0 Å². The minimum atomic E-state index is -0.390. The molecule has 0 unspecified atom stereocenters. The maximum absolute atomic E-state index is 12.0. The van der Waals surface area contributed by atoms with E-state index in [2.05, 4.69) is 15.9 Å². The zero-order chi connectivity index (χ0) is 16.2. The fourth-order valence-electron chi connectivity index (χ4n) is 2.32. The van der Waals surface area contributed by atoms with Gasteiger partial charge in [0.05, 0.1) is 6.61 Å². The van der Waals surface area contributed by atoms with Gasteiger partial charge in [0.25, 0.3) is 0 Å². The van der Waals surface area contributed by atoms with Gasteiger partial charge in [-0.3, -0.25) is 0 Å². The van der Waals surface area contributed by atoms with Crippen LogP contribution in [0.4, 0.5) is 0 Å². The number of carbonyl (C=O) groups is 1. The second kappa shape index (κ2) is 6.87. The van der Waals surface area contributed by atoms with E-state index in [0.717, 1.165) is 15.8 Å². The number of rotatable bonds is 5. The van der Waals surface area contributed by atoms with Crippen LogP contribution in [0.15, 0.2) is 57.6 Å². The second-order valence-corrected chi connectivity index (χ2v) is 5.83. The molecule has 5 heteroatoms. The Bertz CT molecular complexity index is 824. The van der Waals surface area contributed by atoms with Crippen LogP contribution in [0.2, 0.25) is 0 Å². The van der Waals surface area contributed by atoms with Crippen LogP contribution < -0.4 is 4.74 Å². The molecule has 3 rings (SSSR count). The molecule has 0 bridgehead atoms. The van der Waals surface area contributed by atoms with E-state index >= 15 is 0 Å². The van der Waals surface area contributed by atoms with E-state index in [1.807, 2.05) is 42.5 Å². The summed E-state index contributed by atoms with van der Waals surface area (Å²) in [7, 11) is 0. The molecule has 0 atom stereocenters. The van der Waals surface area contributed by atoms with Gasteiger partial charge in [-0.1, -0.05) is 34.1 Å². The lowest BCUT2D eigenvalue weighted by molar-refractivity contribution is 0.0527. The molecule has 0 aliphatic heterocycles. The highest BCUT2D eigenvalue weighted by Gasteiger charge is 2.18. The number of hydrogen-bond donors (Lipinski definition) is 0. The largest absolute Gasteiger partial charge is 0.489 e. The van der Waals surface area contributed by atoms with Crippen molar-refractivity contribution in [3.8, 4) is 5.75 Å². The molecular weight excluding hydrogens is 360 g/mol. The summed E-state index contributed by atoms with van der Waals surface area (Å²) in [6, 6.07) is 13.3. The van der Waals surface area contributed by atoms with Crippen LogP contribution in [-0.4, -0.2) is 12.6 Å². The number of fused-ring (bicyclic) bond motifs is 1. The zero-order valence-electron chi connectivity index (χ0n) is 12.5. The molecule has 118 valence electrons. The second-order valence-electron chi connectivity index (χ2n) is 4.91. The van der Waals surface area contributed by atoms with Crippen molar-refractivity contribution in [3.05, 3.63) is 64.3 Å². The molecule has 23 heavy (non-hydrogen) atoms. The van der Waals surface area contributed by atoms with Crippen molar-refractivity contribution < 1.29 is 18.7 Å². The van der Waals surface area contributed by atoms with Crippen molar-refractivity contribution in [1.82, 2.24) is 0 Å². The quantitative estimate of drug-likeness (QED) is 0.592. The Morgan fingerprint density at radius 1 is 1.22 bits per heavy atom. The van der Waals surface area contributed by atoms with Gasteiger partial charge in [-0.25, -0.2) is 4.79 Å². The Morgan fingerprint density at radius 3 is 2.74 bits per heavy atom. The predicted molar refractivity (Wildman–Crippen MR) is 90.6 cm³/mol. The van der Waals surface area contributed by atoms with Crippen LogP contribution in [-0.2, 0) is 11.3 Å². The fraction of sp³-hybridized carbons (Fsp3) is 0.167. The third kappa shape index (κ3) is 3.40. The van der Waals surface area contributed by atoms with Crippen molar-refractivity contribution in [2.45, 2.75) is 13.5 Å². The number of ether oxygens (including phenoxy) is 2. The van der Waals surface area contributed by atoms with Crippen LogP contribution >= 0.6 is 15.9 Å². The van der Waals surface area contributed by atoms with Gasteiger partial charge in [0.2, 0.25) is 0 Å². The average molecular weight is 375 g/mol. The maximum Gasteiger partial charge on any atom is 0.342 e. The van der Waals surface area contributed by atoms with E-state index in [9.17, 15) is 4.79 Å². The first kappa shape index (κ1) is 15.6. The summed E-state index contributed by atoms with van der Waals surface area (Å²) in [5, 5.41) is 0.712. The van der Waals surface area contributed by atoms with Crippen molar-refractivity contribution >= 4 is 32.9 Å². The topological polar surface area (TPSA) is 48.7 Å². The highest BCUT2D eigenvalue weighted by Crippen LogP contribution is 2.30. The lowest BCUT2D eigenvalue weighted by atomic mass is 10.1. The van der Waals surface area contributed by atoms with Gasteiger partial charge in [0.1, 0.15) is 29.8 Å². The predicted octanol–water partition coefficient (Wildman–Crippen LogP) is 4.95. The summed E-state index contributed by atoms with van der Waals surface area (Å²) in [6.07, 6.45) is 1.43. The number of carbonyl (C=O) groups excluding carboxylic acids is 1. The molecule has 0 amide bonds.